The molecule has 0 spiro atoms. The standard InChI is InChI=1S/C17H16N2O2/c1-2-16(20)19-15-10-6-7-13(11-15)12-18-17(21)14-8-4-3-5-9-14/h2-11H,1,12H2,(H,18,21)(H,19,20). The van der Waals surface area contributed by atoms with E-state index in [0.29, 0.717) is 17.8 Å². The van der Waals surface area contributed by atoms with E-state index in [1.54, 1.807) is 18.2 Å². The van der Waals surface area contributed by atoms with E-state index in [0.717, 1.165) is 5.56 Å². The molecular weight excluding hydrogens is 264 g/mol. The summed E-state index contributed by atoms with van der Waals surface area (Å²) in [6.07, 6.45) is 1.21. The summed E-state index contributed by atoms with van der Waals surface area (Å²) in [5.74, 6) is -0.392. The van der Waals surface area contributed by atoms with Gasteiger partial charge in [-0.3, -0.25) is 9.59 Å². The normalized spacial score (nSPS) is 9.71. The Bertz CT molecular complexity index is 651. The topological polar surface area (TPSA) is 58.2 Å². The molecule has 0 aliphatic heterocycles. The Morgan fingerprint density at radius 1 is 1.05 bits per heavy atom. The monoisotopic (exact) mass is 280 g/mol. The highest BCUT2D eigenvalue weighted by Gasteiger charge is 2.04. The van der Waals surface area contributed by atoms with E-state index >= 15 is 0 Å². The molecule has 0 aliphatic carbocycles. The quantitative estimate of drug-likeness (QED) is 0.827. The van der Waals surface area contributed by atoms with Gasteiger partial charge in [0, 0.05) is 17.8 Å². The van der Waals surface area contributed by atoms with Gasteiger partial charge in [-0.15, -0.1) is 0 Å². The molecule has 0 heterocycles. The maximum absolute atomic E-state index is 11.9. The van der Waals surface area contributed by atoms with Gasteiger partial charge in [0.15, 0.2) is 0 Å². The summed E-state index contributed by atoms with van der Waals surface area (Å²) in [5, 5.41) is 5.52. The number of nitrogens with one attached hydrogen (secondary N) is 2. The average Bonchev–Trinajstić information content (AvgIpc) is 2.53. The molecule has 21 heavy (non-hydrogen) atoms. The minimum absolute atomic E-state index is 0.129. The van der Waals surface area contributed by atoms with Crippen LogP contribution in [0.3, 0.4) is 0 Å². The SMILES string of the molecule is C=CC(=O)Nc1cccc(CNC(=O)c2ccccc2)c1. The Balaban J connectivity index is 1.97. The van der Waals surface area contributed by atoms with Crippen molar-refractivity contribution in [3.8, 4) is 0 Å². The molecule has 0 aromatic heterocycles. The summed E-state index contributed by atoms with van der Waals surface area (Å²) < 4.78 is 0. The summed E-state index contributed by atoms with van der Waals surface area (Å²) in [7, 11) is 0. The van der Waals surface area contributed by atoms with Crippen molar-refractivity contribution in [3.05, 3.63) is 78.4 Å². The molecule has 4 heteroatoms. The second-order valence-electron chi connectivity index (χ2n) is 4.44. The molecule has 0 bridgehead atoms. The van der Waals surface area contributed by atoms with Crippen LogP contribution < -0.4 is 10.6 Å². The van der Waals surface area contributed by atoms with Crippen molar-refractivity contribution in [1.29, 1.82) is 0 Å². The number of carbonyl (C=O) groups excluding carboxylic acids is 2. The Hall–Kier alpha value is -2.88. The average molecular weight is 280 g/mol. The van der Waals surface area contributed by atoms with E-state index in [4.69, 9.17) is 0 Å². The molecule has 4 nitrogen and oxygen atoms in total. The highest BCUT2D eigenvalue weighted by Crippen LogP contribution is 2.11. The first-order chi connectivity index (χ1) is 10.2. The third kappa shape index (κ3) is 4.31. The first kappa shape index (κ1) is 14.5. The number of hydrogen-bond acceptors (Lipinski definition) is 2. The van der Waals surface area contributed by atoms with E-state index < -0.39 is 0 Å². The molecule has 2 N–H and O–H groups in total. The Labute approximate surface area is 123 Å². The summed E-state index contributed by atoms with van der Waals surface area (Å²) in [6, 6.07) is 16.3. The predicted octanol–water partition coefficient (Wildman–Crippen LogP) is 2.74. The Morgan fingerprint density at radius 2 is 1.81 bits per heavy atom. The van der Waals surface area contributed by atoms with Gasteiger partial charge in [0.2, 0.25) is 5.91 Å². The second kappa shape index (κ2) is 7.05. The molecule has 0 fully saturated rings. The van der Waals surface area contributed by atoms with E-state index in [2.05, 4.69) is 17.2 Å². The number of amides is 2. The second-order valence-corrected chi connectivity index (χ2v) is 4.44. The van der Waals surface area contributed by atoms with Crippen LogP contribution in [0, 0.1) is 0 Å². The molecule has 0 saturated carbocycles. The molecule has 0 radical (unpaired) electrons. The smallest absolute Gasteiger partial charge is 0.251 e. The Morgan fingerprint density at radius 3 is 2.52 bits per heavy atom. The summed E-state index contributed by atoms with van der Waals surface area (Å²) in [4.78, 5) is 23.2. The van der Waals surface area contributed by atoms with Crippen molar-refractivity contribution in [2.75, 3.05) is 5.32 Å². The molecule has 0 saturated heterocycles. The highest BCUT2D eigenvalue weighted by molar-refractivity contribution is 5.98. The summed E-state index contributed by atoms with van der Waals surface area (Å²) in [6.45, 7) is 3.80. The fraction of sp³-hybridized carbons (Fsp3) is 0.0588. The van der Waals surface area contributed by atoms with Crippen LogP contribution in [0.25, 0.3) is 0 Å². The van der Waals surface area contributed by atoms with Crippen LogP contribution in [0.4, 0.5) is 5.69 Å². The van der Waals surface area contributed by atoms with Crippen LogP contribution in [0.15, 0.2) is 67.3 Å². The van der Waals surface area contributed by atoms with Crippen LogP contribution in [-0.4, -0.2) is 11.8 Å². The lowest BCUT2D eigenvalue weighted by atomic mass is 10.1. The molecule has 106 valence electrons. The number of anilines is 1. The zero-order valence-corrected chi connectivity index (χ0v) is 11.5. The Kier molecular flexibility index (Phi) is 4.88. The van der Waals surface area contributed by atoms with Gasteiger partial charge in [0.25, 0.3) is 5.91 Å². The third-order valence-corrected chi connectivity index (χ3v) is 2.87. The summed E-state index contributed by atoms with van der Waals surface area (Å²) >= 11 is 0. The molecule has 2 aromatic rings. The first-order valence-electron chi connectivity index (χ1n) is 6.54. The van der Waals surface area contributed by atoms with Crippen LogP contribution in [0.1, 0.15) is 15.9 Å². The van der Waals surface area contributed by atoms with Gasteiger partial charge in [0.1, 0.15) is 0 Å². The lowest BCUT2D eigenvalue weighted by molar-refractivity contribution is -0.111. The maximum atomic E-state index is 11.9. The van der Waals surface area contributed by atoms with Crippen molar-refractivity contribution in [2.24, 2.45) is 0 Å². The molecular formula is C17H16N2O2. The van der Waals surface area contributed by atoms with Crippen LogP contribution in [-0.2, 0) is 11.3 Å². The van der Waals surface area contributed by atoms with Gasteiger partial charge < -0.3 is 10.6 Å². The lowest BCUT2D eigenvalue weighted by Crippen LogP contribution is -2.22. The zero-order chi connectivity index (χ0) is 15.1. The van der Waals surface area contributed by atoms with E-state index in [1.807, 2.05) is 36.4 Å². The number of carbonyl (C=O) groups is 2. The van der Waals surface area contributed by atoms with Gasteiger partial charge in [-0.1, -0.05) is 36.9 Å². The zero-order valence-electron chi connectivity index (χ0n) is 11.5. The first-order valence-corrected chi connectivity index (χ1v) is 6.54. The number of benzene rings is 2. The largest absolute Gasteiger partial charge is 0.348 e. The van der Waals surface area contributed by atoms with Gasteiger partial charge in [-0.2, -0.15) is 0 Å². The van der Waals surface area contributed by atoms with Crippen LogP contribution in [0.5, 0.6) is 0 Å². The van der Waals surface area contributed by atoms with Crippen molar-refractivity contribution >= 4 is 17.5 Å². The van der Waals surface area contributed by atoms with Gasteiger partial charge >= 0.3 is 0 Å². The molecule has 0 unspecified atom stereocenters. The predicted molar refractivity (Wildman–Crippen MR) is 82.9 cm³/mol. The highest BCUT2D eigenvalue weighted by atomic mass is 16.2. The maximum Gasteiger partial charge on any atom is 0.251 e. The fourth-order valence-electron chi connectivity index (χ4n) is 1.83. The molecule has 2 rings (SSSR count). The lowest BCUT2D eigenvalue weighted by Gasteiger charge is -2.08. The molecule has 2 aromatic carbocycles. The number of rotatable bonds is 5. The van der Waals surface area contributed by atoms with E-state index in [9.17, 15) is 9.59 Å². The van der Waals surface area contributed by atoms with Crippen molar-refractivity contribution in [2.45, 2.75) is 6.54 Å². The third-order valence-electron chi connectivity index (χ3n) is 2.87. The number of hydrogen-bond donors (Lipinski definition) is 2. The molecule has 0 aliphatic rings. The van der Waals surface area contributed by atoms with Gasteiger partial charge in [0.05, 0.1) is 0 Å². The van der Waals surface area contributed by atoms with E-state index in [-0.39, 0.29) is 11.8 Å². The molecule has 0 atom stereocenters. The van der Waals surface area contributed by atoms with E-state index in [1.165, 1.54) is 6.08 Å². The fourth-order valence-corrected chi connectivity index (χ4v) is 1.83. The summed E-state index contributed by atoms with van der Waals surface area (Å²) in [5.41, 5.74) is 2.20. The van der Waals surface area contributed by atoms with Gasteiger partial charge in [-0.05, 0) is 35.9 Å². The van der Waals surface area contributed by atoms with Crippen LogP contribution >= 0.6 is 0 Å². The minimum atomic E-state index is -0.263. The van der Waals surface area contributed by atoms with Crippen molar-refractivity contribution in [3.63, 3.8) is 0 Å². The van der Waals surface area contributed by atoms with Crippen LogP contribution in [0.2, 0.25) is 0 Å². The minimum Gasteiger partial charge on any atom is -0.348 e. The van der Waals surface area contributed by atoms with Gasteiger partial charge in [-0.25, -0.2) is 0 Å². The molecule has 2 amide bonds. The van der Waals surface area contributed by atoms with Crippen molar-refractivity contribution < 1.29 is 9.59 Å². The van der Waals surface area contributed by atoms with Crippen molar-refractivity contribution in [1.82, 2.24) is 5.32 Å².